The van der Waals surface area contributed by atoms with Crippen molar-refractivity contribution in [1.29, 1.82) is 0 Å². The molecule has 1 aromatic heterocycles. The summed E-state index contributed by atoms with van der Waals surface area (Å²) < 4.78 is 5.28. The molecule has 3 heterocycles. The fraction of sp³-hybridized carbons (Fsp3) is 0.647. The molecule has 7 heteroatoms. The molecule has 0 spiro atoms. The number of carbonyl (C=O) groups is 2. The van der Waals surface area contributed by atoms with Gasteiger partial charge in [-0.05, 0) is 19.1 Å². The summed E-state index contributed by atoms with van der Waals surface area (Å²) in [7, 11) is 0. The molecule has 2 unspecified atom stereocenters. The summed E-state index contributed by atoms with van der Waals surface area (Å²) in [6.07, 6.45) is 1.52. The summed E-state index contributed by atoms with van der Waals surface area (Å²) in [6, 6.07) is 3.63. The first-order chi connectivity index (χ1) is 11.5. The number of carbonyl (C=O) groups excluding carboxylic acids is 2. The van der Waals surface area contributed by atoms with Gasteiger partial charge in [0.25, 0.3) is 0 Å². The van der Waals surface area contributed by atoms with Crippen LogP contribution < -0.4 is 0 Å². The van der Waals surface area contributed by atoms with E-state index < -0.39 is 0 Å². The van der Waals surface area contributed by atoms with Crippen LogP contribution in [-0.2, 0) is 16.1 Å². The Bertz CT molecular complexity index is 564. The first kappa shape index (κ1) is 17.0. The van der Waals surface area contributed by atoms with Gasteiger partial charge >= 0.3 is 0 Å². The van der Waals surface area contributed by atoms with Crippen LogP contribution in [0.2, 0.25) is 0 Å². The van der Waals surface area contributed by atoms with Crippen LogP contribution in [0.5, 0.6) is 0 Å². The molecule has 0 saturated carbocycles. The highest BCUT2D eigenvalue weighted by Gasteiger charge is 2.37. The lowest BCUT2D eigenvalue weighted by atomic mass is 10.1. The van der Waals surface area contributed by atoms with Crippen LogP contribution in [0.4, 0.5) is 0 Å². The zero-order valence-electron chi connectivity index (χ0n) is 14.1. The van der Waals surface area contributed by atoms with E-state index in [2.05, 4.69) is 4.90 Å². The van der Waals surface area contributed by atoms with Gasteiger partial charge in [-0.3, -0.25) is 14.5 Å². The Morgan fingerprint density at radius 1 is 1.38 bits per heavy atom. The average Bonchev–Trinajstić information content (AvgIpc) is 3.18. The quantitative estimate of drug-likeness (QED) is 0.829. The minimum atomic E-state index is -0.352. The smallest absolute Gasteiger partial charge is 0.228 e. The zero-order chi connectivity index (χ0) is 17.1. The molecule has 2 saturated heterocycles. The lowest BCUT2D eigenvalue weighted by Crippen LogP contribution is -2.51. The molecule has 132 valence electrons. The van der Waals surface area contributed by atoms with E-state index in [0.717, 1.165) is 18.8 Å². The van der Waals surface area contributed by atoms with Crippen LogP contribution in [0.1, 0.15) is 19.1 Å². The number of likely N-dealkylation sites (tertiary alicyclic amines) is 1. The van der Waals surface area contributed by atoms with Crippen LogP contribution in [-0.4, -0.2) is 77.0 Å². The number of aliphatic hydroxyl groups excluding tert-OH is 1. The van der Waals surface area contributed by atoms with Gasteiger partial charge in [-0.25, -0.2) is 0 Å². The van der Waals surface area contributed by atoms with Gasteiger partial charge in [-0.1, -0.05) is 0 Å². The van der Waals surface area contributed by atoms with Crippen LogP contribution in [0.15, 0.2) is 22.8 Å². The van der Waals surface area contributed by atoms with Crippen molar-refractivity contribution in [3.05, 3.63) is 24.2 Å². The van der Waals surface area contributed by atoms with E-state index in [1.54, 1.807) is 24.2 Å². The third-order valence-electron chi connectivity index (χ3n) is 4.70. The Morgan fingerprint density at radius 3 is 2.75 bits per heavy atom. The second-order valence-electron chi connectivity index (χ2n) is 6.73. The Kier molecular flexibility index (Phi) is 5.20. The van der Waals surface area contributed by atoms with Crippen molar-refractivity contribution >= 4 is 11.8 Å². The standard InChI is InChI=1S/C17H25N3O4/c1-13(21)10-18-4-6-19(7-5-18)17(23)14-9-16(22)20(11-14)12-15-3-2-8-24-15/h2-3,8,13-14,21H,4-7,9-12H2,1H3. The van der Waals surface area contributed by atoms with E-state index in [1.165, 1.54) is 0 Å². The molecule has 0 radical (unpaired) electrons. The molecule has 2 fully saturated rings. The highest BCUT2D eigenvalue weighted by molar-refractivity contribution is 5.89. The molecule has 7 nitrogen and oxygen atoms in total. The third-order valence-corrected chi connectivity index (χ3v) is 4.70. The first-order valence-corrected chi connectivity index (χ1v) is 8.52. The lowest BCUT2D eigenvalue weighted by Gasteiger charge is -2.36. The fourth-order valence-electron chi connectivity index (χ4n) is 3.46. The van der Waals surface area contributed by atoms with E-state index >= 15 is 0 Å². The van der Waals surface area contributed by atoms with E-state index in [0.29, 0.717) is 32.7 Å². The van der Waals surface area contributed by atoms with Gasteiger partial charge in [0.15, 0.2) is 0 Å². The predicted octanol–water partition coefficient (Wildman–Crippen LogP) is 0.153. The molecule has 0 aliphatic carbocycles. The number of furan rings is 1. The summed E-state index contributed by atoms with van der Waals surface area (Å²) >= 11 is 0. The highest BCUT2D eigenvalue weighted by Crippen LogP contribution is 2.23. The number of nitrogens with zero attached hydrogens (tertiary/aromatic N) is 3. The monoisotopic (exact) mass is 335 g/mol. The molecule has 3 rings (SSSR count). The Morgan fingerprint density at radius 2 is 2.12 bits per heavy atom. The van der Waals surface area contributed by atoms with Gasteiger partial charge < -0.3 is 19.3 Å². The van der Waals surface area contributed by atoms with Crippen molar-refractivity contribution in [2.45, 2.75) is 26.0 Å². The molecule has 1 N–H and O–H groups in total. The lowest BCUT2D eigenvalue weighted by molar-refractivity contribution is -0.137. The molecular formula is C17H25N3O4. The second-order valence-corrected chi connectivity index (χ2v) is 6.73. The zero-order valence-corrected chi connectivity index (χ0v) is 14.1. The minimum absolute atomic E-state index is 0.0116. The largest absolute Gasteiger partial charge is 0.467 e. The van der Waals surface area contributed by atoms with Gasteiger partial charge in [0.1, 0.15) is 5.76 Å². The van der Waals surface area contributed by atoms with Crippen molar-refractivity contribution in [3.63, 3.8) is 0 Å². The molecule has 2 amide bonds. The number of rotatable bonds is 5. The predicted molar refractivity (Wildman–Crippen MR) is 86.9 cm³/mol. The van der Waals surface area contributed by atoms with Crippen LogP contribution in [0.3, 0.4) is 0 Å². The summed E-state index contributed by atoms with van der Waals surface area (Å²) in [5.41, 5.74) is 0. The maximum Gasteiger partial charge on any atom is 0.228 e. The van der Waals surface area contributed by atoms with Crippen molar-refractivity contribution in [3.8, 4) is 0 Å². The maximum absolute atomic E-state index is 12.7. The molecular weight excluding hydrogens is 310 g/mol. The van der Waals surface area contributed by atoms with Gasteiger partial charge in [-0.15, -0.1) is 0 Å². The molecule has 0 bridgehead atoms. The molecule has 2 aliphatic rings. The first-order valence-electron chi connectivity index (χ1n) is 8.52. The van der Waals surface area contributed by atoms with Crippen molar-refractivity contribution in [2.75, 3.05) is 39.3 Å². The Hall–Kier alpha value is -1.86. The number of β-amino-alcohol motifs (C(OH)–C–C–N with tert-alkyl or cyclic N) is 1. The van der Waals surface area contributed by atoms with Gasteiger partial charge in [-0.2, -0.15) is 0 Å². The summed E-state index contributed by atoms with van der Waals surface area (Å²) in [5.74, 6) is 0.568. The Balaban J connectivity index is 1.50. The second kappa shape index (κ2) is 7.36. The summed E-state index contributed by atoms with van der Waals surface area (Å²) in [5, 5.41) is 9.44. The number of amides is 2. The summed E-state index contributed by atoms with van der Waals surface area (Å²) in [6.45, 7) is 6.17. The molecule has 0 aromatic carbocycles. The van der Waals surface area contributed by atoms with Gasteiger partial charge in [0.05, 0.1) is 24.8 Å². The SMILES string of the molecule is CC(O)CN1CCN(C(=O)C2CC(=O)N(Cc3ccco3)C2)CC1. The van der Waals surface area contributed by atoms with Crippen LogP contribution in [0, 0.1) is 5.92 Å². The van der Waals surface area contributed by atoms with E-state index in [-0.39, 0.29) is 30.3 Å². The van der Waals surface area contributed by atoms with Crippen LogP contribution in [0.25, 0.3) is 0 Å². The maximum atomic E-state index is 12.7. The summed E-state index contributed by atoms with van der Waals surface area (Å²) in [4.78, 5) is 30.5. The number of hydrogen-bond donors (Lipinski definition) is 1. The molecule has 2 atom stereocenters. The fourth-order valence-corrected chi connectivity index (χ4v) is 3.46. The topological polar surface area (TPSA) is 77.2 Å². The Labute approximate surface area is 141 Å². The highest BCUT2D eigenvalue weighted by atomic mass is 16.3. The molecule has 2 aliphatic heterocycles. The van der Waals surface area contributed by atoms with E-state index in [9.17, 15) is 14.7 Å². The number of piperazine rings is 1. The van der Waals surface area contributed by atoms with Gasteiger partial charge in [0, 0.05) is 45.7 Å². The van der Waals surface area contributed by atoms with Gasteiger partial charge in [0.2, 0.25) is 11.8 Å². The molecule has 24 heavy (non-hydrogen) atoms. The number of aliphatic hydroxyl groups is 1. The van der Waals surface area contributed by atoms with Crippen molar-refractivity contribution in [2.24, 2.45) is 5.92 Å². The van der Waals surface area contributed by atoms with E-state index in [4.69, 9.17) is 4.42 Å². The molecule has 1 aromatic rings. The van der Waals surface area contributed by atoms with Crippen LogP contribution >= 0.6 is 0 Å². The normalized spacial score (nSPS) is 23.8. The van der Waals surface area contributed by atoms with Crippen molar-refractivity contribution in [1.82, 2.24) is 14.7 Å². The van der Waals surface area contributed by atoms with Crippen molar-refractivity contribution < 1.29 is 19.1 Å². The van der Waals surface area contributed by atoms with E-state index in [1.807, 2.05) is 11.0 Å². The average molecular weight is 335 g/mol. The number of hydrogen-bond acceptors (Lipinski definition) is 5. The third kappa shape index (κ3) is 3.96. The minimum Gasteiger partial charge on any atom is -0.467 e.